The molecule has 1 atom stereocenters. The first-order valence-electron chi connectivity index (χ1n) is 6.74. The molecule has 0 bridgehead atoms. The van der Waals surface area contributed by atoms with Gasteiger partial charge in [0.15, 0.2) is 0 Å². The predicted octanol–water partition coefficient (Wildman–Crippen LogP) is 1.10. The van der Waals surface area contributed by atoms with Crippen LogP contribution in [0.2, 0.25) is 0 Å². The highest BCUT2D eigenvalue weighted by Crippen LogP contribution is 2.14. The van der Waals surface area contributed by atoms with Crippen LogP contribution in [0.25, 0.3) is 0 Å². The molecule has 100 valence electrons. The van der Waals surface area contributed by atoms with Crippen LogP contribution in [0.5, 0.6) is 0 Å². The molecule has 1 amide bonds. The molecule has 1 heterocycles. The first-order chi connectivity index (χ1) is 7.94. The van der Waals surface area contributed by atoms with Crippen molar-refractivity contribution in [3.63, 3.8) is 0 Å². The average Bonchev–Trinajstić information content (AvgIpc) is 2.44. The Morgan fingerprint density at radius 3 is 2.24 bits per heavy atom. The molecule has 3 N–H and O–H groups in total. The zero-order valence-electron chi connectivity index (χ0n) is 11.5. The summed E-state index contributed by atoms with van der Waals surface area (Å²) in [5.41, 5.74) is 4.93. The van der Waals surface area contributed by atoms with Crippen molar-refractivity contribution in [1.29, 1.82) is 0 Å². The van der Waals surface area contributed by atoms with Gasteiger partial charge in [-0.2, -0.15) is 0 Å². The summed E-state index contributed by atoms with van der Waals surface area (Å²) >= 11 is 0. The van der Waals surface area contributed by atoms with E-state index in [1.807, 2.05) is 20.8 Å². The predicted molar refractivity (Wildman–Crippen MR) is 70.8 cm³/mol. The fourth-order valence-corrected chi connectivity index (χ4v) is 2.57. The molecule has 1 rings (SSSR count). The lowest BCUT2D eigenvalue weighted by Gasteiger charge is -2.35. The van der Waals surface area contributed by atoms with E-state index >= 15 is 0 Å². The summed E-state index contributed by atoms with van der Waals surface area (Å²) in [5, 5.41) is 3.31. The third kappa shape index (κ3) is 4.64. The Hall–Kier alpha value is -0.610. The number of hydrogen-bond donors (Lipinski definition) is 2. The summed E-state index contributed by atoms with van der Waals surface area (Å²) < 4.78 is 0. The molecule has 0 aliphatic carbocycles. The quantitative estimate of drug-likeness (QED) is 0.758. The standard InChI is InChI=1S/C13H27N3O/c1-11(2)15-13(3,12(14)17)10-16-8-6-4-5-7-9-16/h11,15H,4-10H2,1-3H3,(H2,14,17). The van der Waals surface area contributed by atoms with Crippen LogP contribution in [0.1, 0.15) is 46.5 Å². The van der Waals surface area contributed by atoms with E-state index in [9.17, 15) is 4.79 Å². The lowest BCUT2D eigenvalue weighted by molar-refractivity contribution is -0.124. The summed E-state index contributed by atoms with van der Waals surface area (Å²) in [6.07, 6.45) is 5.08. The van der Waals surface area contributed by atoms with Gasteiger partial charge in [0.25, 0.3) is 0 Å². The summed E-state index contributed by atoms with van der Waals surface area (Å²) in [7, 11) is 0. The second kappa shape index (κ2) is 6.36. The molecule has 1 aliphatic heterocycles. The van der Waals surface area contributed by atoms with E-state index in [2.05, 4.69) is 10.2 Å². The van der Waals surface area contributed by atoms with E-state index in [0.717, 1.165) is 19.6 Å². The molecule has 1 saturated heterocycles. The van der Waals surface area contributed by atoms with Gasteiger partial charge in [-0.1, -0.05) is 12.8 Å². The second-order valence-corrected chi connectivity index (χ2v) is 5.69. The number of likely N-dealkylation sites (tertiary alicyclic amines) is 1. The number of nitrogens with zero attached hydrogens (tertiary/aromatic N) is 1. The number of hydrogen-bond acceptors (Lipinski definition) is 3. The fourth-order valence-electron chi connectivity index (χ4n) is 2.57. The molecule has 4 nitrogen and oxygen atoms in total. The molecule has 4 heteroatoms. The number of carbonyl (C=O) groups excluding carboxylic acids is 1. The minimum Gasteiger partial charge on any atom is -0.368 e. The Kier molecular flexibility index (Phi) is 5.40. The highest BCUT2D eigenvalue weighted by molar-refractivity contribution is 5.84. The van der Waals surface area contributed by atoms with Crippen LogP contribution in [-0.4, -0.2) is 42.0 Å². The smallest absolute Gasteiger partial charge is 0.238 e. The van der Waals surface area contributed by atoms with Gasteiger partial charge >= 0.3 is 0 Å². The number of amides is 1. The molecule has 1 unspecified atom stereocenters. The van der Waals surface area contributed by atoms with Gasteiger partial charge in [0, 0.05) is 12.6 Å². The Morgan fingerprint density at radius 1 is 1.29 bits per heavy atom. The zero-order valence-corrected chi connectivity index (χ0v) is 11.5. The van der Waals surface area contributed by atoms with Crippen LogP contribution < -0.4 is 11.1 Å². The normalized spacial score (nSPS) is 22.1. The number of nitrogens with one attached hydrogen (secondary N) is 1. The number of nitrogens with two attached hydrogens (primary N) is 1. The summed E-state index contributed by atoms with van der Waals surface area (Å²) in [5.74, 6) is -0.254. The molecule has 0 aromatic carbocycles. The SMILES string of the molecule is CC(C)NC(C)(CN1CCCCCC1)C(N)=O. The van der Waals surface area contributed by atoms with Crippen molar-refractivity contribution in [2.75, 3.05) is 19.6 Å². The lowest BCUT2D eigenvalue weighted by Crippen LogP contribution is -2.61. The van der Waals surface area contributed by atoms with Gasteiger partial charge in [-0.3, -0.25) is 4.79 Å². The molecule has 0 aromatic rings. The molecule has 17 heavy (non-hydrogen) atoms. The molecule has 0 spiro atoms. The van der Waals surface area contributed by atoms with Gasteiger partial charge in [-0.25, -0.2) is 0 Å². The zero-order chi connectivity index (χ0) is 12.9. The number of carbonyl (C=O) groups is 1. The van der Waals surface area contributed by atoms with Gasteiger partial charge in [-0.15, -0.1) is 0 Å². The van der Waals surface area contributed by atoms with Crippen molar-refractivity contribution < 1.29 is 4.79 Å². The fraction of sp³-hybridized carbons (Fsp3) is 0.923. The van der Waals surface area contributed by atoms with Crippen molar-refractivity contribution in [3.05, 3.63) is 0 Å². The molecular formula is C13H27N3O. The molecule has 1 fully saturated rings. The van der Waals surface area contributed by atoms with Gasteiger partial charge in [0.05, 0.1) is 0 Å². The van der Waals surface area contributed by atoms with E-state index in [0.29, 0.717) is 0 Å². The minimum atomic E-state index is -0.613. The van der Waals surface area contributed by atoms with Gasteiger partial charge in [-0.05, 0) is 46.7 Å². The lowest BCUT2D eigenvalue weighted by atomic mass is 9.99. The maximum absolute atomic E-state index is 11.6. The maximum atomic E-state index is 11.6. The Balaban J connectivity index is 2.61. The van der Waals surface area contributed by atoms with Gasteiger partial charge < -0.3 is 16.0 Å². The topological polar surface area (TPSA) is 58.4 Å². The number of rotatable bonds is 5. The highest BCUT2D eigenvalue weighted by atomic mass is 16.1. The van der Waals surface area contributed by atoms with E-state index < -0.39 is 5.54 Å². The third-order valence-electron chi connectivity index (χ3n) is 3.39. The van der Waals surface area contributed by atoms with Crippen LogP contribution in [-0.2, 0) is 4.79 Å². The van der Waals surface area contributed by atoms with E-state index in [1.54, 1.807) is 0 Å². The maximum Gasteiger partial charge on any atom is 0.238 e. The van der Waals surface area contributed by atoms with E-state index in [4.69, 9.17) is 5.73 Å². The van der Waals surface area contributed by atoms with Crippen LogP contribution in [0.15, 0.2) is 0 Å². The molecule has 1 aliphatic rings. The highest BCUT2D eigenvalue weighted by Gasteiger charge is 2.33. The van der Waals surface area contributed by atoms with Crippen LogP contribution >= 0.6 is 0 Å². The van der Waals surface area contributed by atoms with Crippen LogP contribution in [0.3, 0.4) is 0 Å². The summed E-state index contributed by atoms with van der Waals surface area (Å²) in [4.78, 5) is 14.0. The summed E-state index contributed by atoms with van der Waals surface area (Å²) in [6.45, 7) is 8.90. The Labute approximate surface area is 105 Å². The van der Waals surface area contributed by atoms with Crippen molar-refractivity contribution in [1.82, 2.24) is 10.2 Å². The van der Waals surface area contributed by atoms with Gasteiger partial charge in [0.2, 0.25) is 5.91 Å². The van der Waals surface area contributed by atoms with Crippen molar-refractivity contribution in [2.24, 2.45) is 5.73 Å². The van der Waals surface area contributed by atoms with Crippen LogP contribution in [0.4, 0.5) is 0 Å². The average molecular weight is 241 g/mol. The first kappa shape index (κ1) is 14.5. The Morgan fingerprint density at radius 2 is 1.82 bits per heavy atom. The first-order valence-corrected chi connectivity index (χ1v) is 6.74. The monoisotopic (exact) mass is 241 g/mol. The van der Waals surface area contributed by atoms with Crippen molar-refractivity contribution in [3.8, 4) is 0 Å². The third-order valence-corrected chi connectivity index (χ3v) is 3.39. The molecule has 0 saturated carbocycles. The molecular weight excluding hydrogens is 214 g/mol. The molecule has 0 radical (unpaired) electrons. The summed E-state index contributed by atoms with van der Waals surface area (Å²) in [6, 6.07) is 0.263. The van der Waals surface area contributed by atoms with Gasteiger partial charge in [0.1, 0.15) is 5.54 Å². The second-order valence-electron chi connectivity index (χ2n) is 5.69. The number of primary amides is 1. The van der Waals surface area contributed by atoms with Crippen LogP contribution in [0, 0.1) is 0 Å². The van der Waals surface area contributed by atoms with Crippen molar-refractivity contribution in [2.45, 2.75) is 58.0 Å². The largest absolute Gasteiger partial charge is 0.368 e. The molecule has 0 aromatic heterocycles. The van der Waals surface area contributed by atoms with Crippen molar-refractivity contribution >= 4 is 5.91 Å². The minimum absolute atomic E-state index is 0.254. The Bertz CT molecular complexity index is 247. The van der Waals surface area contributed by atoms with E-state index in [1.165, 1.54) is 25.7 Å². The van der Waals surface area contributed by atoms with E-state index in [-0.39, 0.29) is 11.9 Å².